The molecule has 4 rings (SSSR count). The fourth-order valence-corrected chi connectivity index (χ4v) is 3.79. The first kappa shape index (κ1) is 23.2. The van der Waals surface area contributed by atoms with Crippen LogP contribution < -0.4 is 5.32 Å². The Morgan fingerprint density at radius 2 is 2.21 bits per heavy atom. The Balaban J connectivity index is 0.00000324. The number of nitrogens with one attached hydrogen (secondary N) is 1. The third kappa shape index (κ3) is 5.88. The third-order valence-corrected chi connectivity index (χ3v) is 5.62. The van der Waals surface area contributed by atoms with E-state index < -0.39 is 6.43 Å². The van der Waals surface area contributed by atoms with Crippen molar-refractivity contribution in [2.45, 2.75) is 39.2 Å². The van der Waals surface area contributed by atoms with E-state index in [4.69, 9.17) is 4.74 Å². The van der Waals surface area contributed by atoms with Crippen LogP contribution in [0.25, 0.3) is 16.8 Å². The molecule has 4 heterocycles. The summed E-state index contributed by atoms with van der Waals surface area (Å²) in [6.45, 7) is 6.83. The quantitative estimate of drug-likeness (QED) is 0.508. The summed E-state index contributed by atoms with van der Waals surface area (Å²) in [5.74, 6) is 0.537. The number of aryl methyl sites for hydroxylation is 1. The van der Waals surface area contributed by atoms with Crippen molar-refractivity contribution < 1.29 is 14.9 Å². The van der Waals surface area contributed by atoms with Crippen molar-refractivity contribution in [1.29, 1.82) is 0 Å². The van der Waals surface area contributed by atoms with Crippen molar-refractivity contribution in [3.8, 4) is 11.3 Å². The van der Waals surface area contributed by atoms with Crippen LogP contribution in [0.1, 0.15) is 26.9 Å². The molecule has 0 bridgehead atoms. The van der Waals surface area contributed by atoms with Gasteiger partial charge in [0.05, 0.1) is 41.5 Å². The Kier molecular flexibility index (Phi) is 7.24. The molecule has 1 saturated heterocycles. The van der Waals surface area contributed by atoms with Gasteiger partial charge in [-0.2, -0.15) is 0 Å². The van der Waals surface area contributed by atoms with E-state index in [0.717, 1.165) is 42.2 Å². The number of hydrogen-bond donors (Lipinski definition) is 1. The first-order valence-electron chi connectivity index (χ1n) is 11.1. The van der Waals surface area contributed by atoms with Gasteiger partial charge < -0.3 is 15.0 Å². The molecule has 1 aliphatic rings. The van der Waals surface area contributed by atoms with E-state index in [9.17, 15) is 8.78 Å². The fourth-order valence-electron chi connectivity index (χ4n) is 3.79. The molecule has 3 aromatic rings. The third-order valence-electron chi connectivity index (χ3n) is 5.62. The van der Waals surface area contributed by atoms with Crippen LogP contribution in [0.2, 0.25) is 0 Å². The maximum Gasteiger partial charge on any atom is 0.241 e. The monoisotopic (exact) mass is 459 g/mol. The van der Waals surface area contributed by atoms with Gasteiger partial charge in [-0.25, -0.2) is 18.3 Å². The van der Waals surface area contributed by atoms with Gasteiger partial charge in [-0.15, -0.1) is 5.10 Å². The highest BCUT2D eigenvalue weighted by Gasteiger charge is 2.18. The summed E-state index contributed by atoms with van der Waals surface area (Å²) in [7, 11) is 2.09. The van der Waals surface area contributed by atoms with Crippen molar-refractivity contribution >= 4 is 22.9 Å². The number of pyridine rings is 1. The van der Waals surface area contributed by atoms with E-state index in [0.29, 0.717) is 23.9 Å². The number of fused-ring (bicyclic) bond motifs is 1. The molecule has 1 N–H and O–H groups in total. The molecule has 0 radical (unpaired) electrons. The molecular formula is C23H31F2N7O. The zero-order valence-electron chi connectivity index (χ0n) is 19.1. The lowest BCUT2D eigenvalue weighted by atomic mass is 10.1. The second-order valence-electron chi connectivity index (χ2n) is 8.35. The molecule has 8 nitrogen and oxygen atoms in total. The van der Waals surface area contributed by atoms with Gasteiger partial charge in [0, 0.05) is 45.0 Å². The van der Waals surface area contributed by atoms with Crippen LogP contribution in [0.3, 0.4) is 0 Å². The number of morpholine rings is 1. The molecule has 0 amide bonds. The highest BCUT2D eigenvalue weighted by molar-refractivity contribution is 5.85. The number of aromatic nitrogens is 4. The zero-order valence-corrected chi connectivity index (χ0v) is 19.1. The number of anilines is 1. The van der Waals surface area contributed by atoms with Gasteiger partial charge in [0.25, 0.3) is 0 Å². The molecule has 1 aliphatic heterocycles. The number of alkyl halides is 2. The maximum atomic E-state index is 12.4. The van der Waals surface area contributed by atoms with Crippen LogP contribution in [0.5, 0.6) is 0 Å². The fraction of sp³-hybridized carbons (Fsp3) is 0.478. The predicted octanol–water partition coefficient (Wildman–Crippen LogP) is 4.23. The Morgan fingerprint density at radius 3 is 2.97 bits per heavy atom. The second kappa shape index (κ2) is 10.3. The van der Waals surface area contributed by atoms with E-state index in [2.05, 4.69) is 37.3 Å². The number of halogens is 2. The molecular weight excluding hydrogens is 428 g/mol. The van der Waals surface area contributed by atoms with Crippen molar-refractivity contribution in [1.82, 2.24) is 24.5 Å². The SMILES string of the molecule is CC(CCC(F)F)=Nc1ccc(-c2ccn3nc(NCC4CN(C)CCO4)ncc23)nc1C.[HH]. The predicted molar refractivity (Wildman–Crippen MR) is 127 cm³/mol. The summed E-state index contributed by atoms with van der Waals surface area (Å²) in [4.78, 5) is 15.8. The van der Waals surface area contributed by atoms with E-state index in [1.807, 2.05) is 31.3 Å². The lowest BCUT2D eigenvalue weighted by Gasteiger charge is -2.30. The minimum absolute atomic E-state index is 0. The summed E-state index contributed by atoms with van der Waals surface area (Å²) in [5, 5.41) is 7.81. The molecule has 1 fully saturated rings. The summed E-state index contributed by atoms with van der Waals surface area (Å²) >= 11 is 0. The van der Waals surface area contributed by atoms with Crippen LogP contribution in [0, 0.1) is 6.92 Å². The van der Waals surface area contributed by atoms with E-state index in [-0.39, 0.29) is 20.4 Å². The lowest BCUT2D eigenvalue weighted by Crippen LogP contribution is -2.43. The highest BCUT2D eigenvalue weighted by Crippen LogP contribution is 2.27. The normalized spacial score (nSPS) is 17.8. The van der Waals surface area contributed by atoms with E-state index in [1.165, 1.54) is 0 Å². The summed E-state index contributed by atoms with van der Waals surface area (Å²) < 4.78 is 32.4. The number of likely N-dealkylation sites (N-methyl/N-ethyl adjacent to an activating group) is 1. The Bertz CT molecular complexity index is 1140. The number of rotatable bonds is 8. The van der Waals surface area contributed by atoms with Crippen LogP contribution in [0.15, 0.2) is 35.6 Å². The Hall–Kier alpha value is -2.98. The van der Waals surface area contributed by atoms with Crippen LogP contribution in [0.4, 0.5) is 20.4 Å². The molecule has 1 unspecified atom stereocenters. The van der Waals surface area contributed by atoms with Crippen LogP contribution in [-0.4, -0.2) is 76.0 Å². The number of nitrogens with zero attached hydrogens (tertiary/aromatic N) is 6. The molecule has 0 spiro atoms. The number of hydrogen-bond acceptors (Lipinski definition) is 7. The van der Waals surface area contributed by atoms with Crippen molar-refractivity contribution in [2.24, 2.45) is 4.99 Å². The second-order valence-corrected chi connectivity index (χ2v) is 8.35. The van der Waals surface area contributed by atoms with Crippen molar-refractivity contribution in [3.63, 3.8) is 0 Å². The topological polar surface area (TPSA) is 79.9 Å². The minimum Gasteiger partial charge on any atom is -0.374 e. The standard InChI is InChI=1S/C23H29F2N7O.H2/c1-15(4-7-22(24)25)28-19-5-6-20(29-16(19)2)18-8-9-32-21(18)13-27-23(30-32)26-12-17-14-31(3)10-11-33-17;/h5-6,8-9,13,17,22H,4,7,10-12,14H2,1-3H3,(H,26,30);1H. The molecule has 10 heteroatoms. The van der Waals surface area contributed by atoms with Crippen molar-refractivity contribution in [2.75, 3.05) is 38.6 Å². The maximum absolute atomic E-state index is 12.4. The largest absolute Gasteiger partial charge is 0.374 e. The first-order chi connectivity index (χ1) is 15.9. The molecule has 0 aliphatic carbocycles. The number of ether oxygens (including phenoxy) is 1. The van der Waals surface area contributed by atoms with Crippen LogP contribution in [-0.2, 0) is 4.74 Å². The Morgan fingerprint density at radius 1 is 1.36 bits per heavy atom. The van der Waals surface area contributed by atoms with Gasteiger partial charge in [-0.1, -0.05) is 0 Å². The highest BCUT2D eigenvalue weighted by atomic mass is 19.3. The zero-order chi connectivity index (χ0) is 23.4. The number of aliphatic imine (C=N–C) groups is 1. The molecule has 33 heavy (non-hydrogen) atoms. The van der Waals surface area contributed by atoms with Gasteiger partial charge in [-0.05, 0) is 45.5 Å². The average Bonchev–Trinajstić information content (AvgIpc) is 3.21. The van der Waals surface area contributed by atoms with Crippen molar-refractivity contribution in [3.05, 3.63) is 36.3 Å². The van der Waals surface area contributed by atoms with Gasteiger partial charge in [0.2, 0.25) is 12.4 Å². The van der Waals surface area contributed by atoms with Gasteiger partial charge >= 0.3 is 0 Å². The van der Waals surface area contributed by atoms with E-state index >= 15 is 0 Å². The Labute approximate surface area is 193 Å². The average molecular weight is 460 g/mol. The lowest BCUT2D eigenvalue weighted by molar-refractivity contribution is -0.0118. The summed E-state index contributed by atoms with van der Waals surface area (Å²) in [6, 6.07) is 5.70. The summed E-state index contributed by atoms with van der Waals surface area (Å²) in [6.07, 6.45) is 1.52. The van der Waals surface area contributed by atoms with Gasteiger partial charge in [-0.3, -0.25) is 9.98 Å². The van der Waals surface area contributed by atoms with E-state index in [1.54, 1.807) is 17.6 Å². The minimum atomic E-state index is -2.32. The summed E-state index contributed by atoms with van der Waals surface area (Å²) in [5.41, 5.74) is 4.62. The molecule has 1 atom stereocenters. The molecule has 0 aromatic carbocycles. The smallest absolute Gasteiger partial charge is 0.241 e. The van der Waals surface area contributed by atoms with Crippen LogP contribution >= 0.6 is 0 Å². The van der Waals surface area contributed by atoms with Gasteiger partial charge in [0.15, 0.2) is 0 Å². The van der Waals surface area contributed by atoms with Gasteiger partial charge in [0.1, 0.15) is 0 Å². The molecule has 178 valence electrons. The first-order valence-corrected chi connectivity index (χ1v) is 11.1. The molecule has 3 aromatic heterocycles. The molecule has 0 saturated carbocycles.